The van der Waals surface area contributed by atoms with E-state index in [4.69, 9.17) is 4.52 Å². The SMILES string of the molecule is CC(C)CNC(=O)C(C)N1CCN(C(C)c2nc(-c3cccc(C(F)(F)F)c3)no2)CC1. The molecule has 0 bridgehead atoms. The summed E-state index contributed by atoms with van der Waals surface area (Å²) in [5.41, 5.74) is -0.495. The molecule has 1 aliphatic heterocycles. The van der Waals surface area contributed by atoms with E-state index >= 15 is 0 Å². The number of halogens is 3. The highest BCUT2D eigenvalue weighted by Gasteiger charge is 2.32. The fraction of sp³-hybridized carbons (Fsp3) is 0.591. The van der Waals surface area contributed by atoms with Crippen molar-refractivity contribution in [1.29, 1.82) is 0 Å². The third kappa shape index (κ3) is 5.86. The first kappa shape index (κ1) is 24.2. The van der Waals surface area contributed by atoms with Gasteiger partial charge >= 0.3 is 6.18 Å². The van der Waals surface area contributed by atoms with Gasteiger partial charge in [0.2, 0.25) is 17.6 Å². The van der Waals surface area contributed by atoms with Crippen molar-refractivity contribution < 1.29 is 22.5 Å². The number of carbonyl (C=O) groups is 1. The molecule has 32 heavy (non-hydrogen) atoms. The van der Waals surface area contributed by atoms with Crippen LogP contribution in [0.5, 0.6) is 0 Å². The molecule has 3 rings (SSSR count). The molecule has 1 aliphatic rings. The lowest BCUT2D eigenvalue weighted by atomic mass is 10.1. The van der Waals surface area contributed by atoms with Crippen molar-refractivity contribution in [2.24, 2.45) is 5.92 Å². The summed E-state index contributed by atoms with van der Waals surface area (Å²) in [7, 11) is 0. The number of nitrogens with one attached hydrogen (secondary N) is 1. The molecule has 1 aromatic heterocycles. The van der Waals surface area contributed by atoms with Crippen LogP contribution in [0.15, 0.2) is 28.8 Å². The molecule has 0 aliphatic carbocycles. The Balaban J connectivity index is 1.59. The zero-order valence-electron chi connectivity index (χ0n) is 18.8. The number of rotatable bonds is 7. The molecule has 2 aromatic rings. The molecule has 0 radical (unpaired) electrons. The Bertz CT molecular complexity index is 907. The standard InChI is InChI=1S/C22H30F3N5O2/c1-14(2)13-26-20(31)15(3)29-8-10-30(11-9-29)16(4)21-27-19(28-32-21)17-6-5-7-18(12-17)22(23,24)25/h5-7,12,14-16H,8-11,13H2,1-4H3,(H,26,31). The molecule has 1 amide bonds. The number of aromatic nitrogens is 2. The lowest BCUT2D eigenvalue weighted by Crippen LogP contribution is -2.54. The quantitative estimate of drug-likeness (QED) is 0.691. The van der Waals surface area contributed by atoms with Crippen LogP contribution in [0.1, 0.15) is 45.2 Å². The molecule has 1 fully saturated rings. The minimum atomic E-state index is -4.43. The van der Waals surface area contributed by atoms with E-state index in [0.29, 0.717) is 31.4 Å². The Morgan fingerprint density at radius 3 is 2.41 bits per heavy atom. The third-order valence-corrected chi connectivity index (χ3v) is 5.76. The van der Waals surface area contributed by atoms with Crippen molar-refractivity contribution >= 4 is 5.91 Å². The zero-order chi connectivity index (χ0) is 23.5. The van der Waals surface area contributed by atoms with Gasteiger partial charge in [-0.25, -0.2) is 0 Å². The number of hydrogen-bond acceptors (Lipinski definition) is 6. The third-order valence-electron chi connectivity index (χ3n) is 5.76. The number of hydrogen-bond donors (Lipinski definition) is 1. The average Bonchev–Trinajstić information content (AvgIpc) is 3.26. The summed E-state index contributed by atoms with van der Waals surface area (Å²) in [5.74, 6) is 0.919. The Kier molecular flexibility index (Phi) is 7.55. The predicted molar refractivity (Wildman–Crippen MR) is 114 cm³/mol. The molecule has 2 heterocycles. The van der Waals surface area contributed by atoms with Crippen molar-refractivity contribution in [1.82, 2.24) is 25.3 Å². The number of benzene rings is 1. The molecule has 1 saturated heterocycles. The van der Waals surface area contributed by atoms with E-state index in [1.165, 1.54) is 12.1 Å². The van der Waals surface area contributed by atoms with Crippen molar-refractivity contribution in [2.45, 2.75) is 46.0 Å². The van der Waals surface area contributed by atoms with Crippen LogP contribution in [0, 0.1) is 5.92 Å². The van der Waals surface area contributed by atoms with Gasteiger partial charge in [0.25, 0.3) is 0 Å². The van der Waals surface area contributed by atoms with E-state index < -0.39 is 11.7 Å². The summed E-state index contributed by atoms with van der Waals surface area (Å²) < 4.78 is 44.3. The van der Waals surface area contributed by atoms with Crippen LogP contribution in [0.4, 0.5) is 13.2 Å². The summed E-state index contributed by atoms with van der Waals surface area (Å²) in [6.45, 7) is 11.5. The molecule has 2 unspecified atom stereocenters. The van der Waals surface area contributed by atoms with Gasteiger partial charge in [0.1, 0.15) is 0 Å². The fourth-order valence-electron chi connectivity index (χ4n) is 3.64. The maximum Gasteiger partial charge on any atom is 0.416 e. The molecule has 1 aromatic carbocycles. The Morgan fingerprint density at radius 1 is 1.12 bits per heavy atom. The number of carbonyl (C=O) groups excluding carboxylic acids is 1. The molecular weight excluding hydrogens is 423 g/mol. The van der Waals surface area contributed by atoms with Gasteiger partial charge in [-0.15, -0.1) is 0 Å². The van der Waals surface area contributed by atoms with Gasteiger partial charge in [-0.1, -0.05) is 31.1 Å². The van der Waals surface area contributed by atoms with Gasteiger partial charge in [0.15, 0.2) is 0 Å². The first-order chi connectivity index (χ1) is 15.1. The van der Waals surface area contributed by atoms with E-state index in [-0.39, 0.29) is 29.4 Å². The van der Waals surface area contributed by atoms with Crippen molar-refractivity contribution in [3.05, 3.63) is 35.7 Å². The lowest BCUT2D eigenvalue weighted by Gasteiger charge is -2.39. The predicted octanol–water partition coefficient (Wildman–Crippen LogP) is 3.59. The minimum Gasteiger partial charge on any atom is -0.354 e. The van der Waals surface area contributed by atoms with Crippen molar-refractivity contribution in [3.8, 4) is 11.4 Å². The van der Waals surface area contributed by atoms with Gasteiger partial charge in [-0.05, 0) is 31.9 Å². The maximum atomic E-state index is 13.0. The molecule has 0 saturated carbocycles. The molecule has 7 nitrogen and oxygen atoms in total. The number of amides is 1. The van der Waals surface area contributed by atoms with E-state index in [1.54, 1.807) is 0 Å². The van der Waals surface area contributed by atoms with Crippen LogP contribution in [0.2, 0.25) is 0 Å². The number of nitrogens with zero attached hydrogens (tertiary/aromatic N) is 4. The number of alkyl halides is 3. The molecular formula is C22H30F3N5O2. The molecule has 0 spiro atoms. The van der Waals surface area contributed by atoms with Crippen LogP contribution in [0.3, 0.4) is 0 Å². The summed E-state index contributed by atoms with van der Waals surface area (Å²) in [4.78, 5) is 21.0. The first-order valence-corrected chi connectivity index (χ1v) is 10.8. The lowest BCUT2D eigenvalue weighted by molar-refractivity contribution is -0.137. The summed E-state index contributed by atoms with van der Waals surface area (Å²) in [6, 6.07) is 4.49. The number of piperazine rings is 1. The molecule has 176 valence electrons. The van der Waals surface area contributed by atoms with Crippen molar-refractivity contribution in [3.63, 3.8) is 0 Å². The van der Waals surface area contributed by atoms with Gasteiger partial charge < -0.3 is 9.84 Å². The molecule has 1 N–H and O–H groups in total. The Labute approximate surface area is 186 Å². The maximum absolute atomic E-state index is 13.0. The van der Waals surface area contributed by atoms with Crippen molar-refractivity contribution in [2.75, 3.05) is 32.7 Å². The van der Waals surface area contributed by atoms with Crippen LogP contribution in [-0.2, 0) is 11.0 Å². The Hall–Kier alpha value is -2.46. The van der Waals surface area contributed by atoms with Gasteiger partial charge in [0, 0.05) is 38.3 Å². The zero-order valence-corrected chi connectivity index (χ0v) is 18.8. The Morgan fingerprint density at radius 2 is 1.78 bits per heavy atom. The topological polar surface area (TPSA) is 74.5 Å². The highest BCUT2D eigenvalue weighted by Crippen LogP contribution is 2.32. The molecule has 2 atom stereocenters. The summed E-state index contributed by atoms with van der Waals surface area (Å²) >= 11 is 0. The van der Waals surface area contributed by atoms with E-state index in [0.717, 1.165) is 25.2 Å². The largest absolute Gasteiger partial charge is 0.416 e. The van der Waals surface area contributed by atoms with Crippen LogP contribution in [-0.4, -0.2) is 64.6 Å². The van der Waals surface area contributed by atoms with Crippen LogP contribution in [0.25, 0.3) is 11.4 Å². The highest BCUT2D eigenvalue weighted by atomic mass is 19.4. The fourth-order valence-corrected chi connectivity index (χ4v) is 3.64. The smallest absolute Gasteiger partial charge is 0.354 e. The highest BCUT2D eigenvalue weighted by molar-refractivity contribution is 5.81. The summed E-state index contributed by atoms with van der Waals surface area (Å²) in [5, 5.41) is 6.86. The minimum absolute atomic E-state index is 0.0304. The van der Waals surface area contributed by atoms with E-state index in [9.17, 15) is 18.0 Å². The second-order valence-electron chi connectivity index (χ2n) is 8.60. The van der Waals surface area contributed by atoms with Gasteiger partial charge in [0.05, 0.1) is 17.6 Å². The van der Waals surface area contributed by atoms with Gasteiger partial charge in [-0.2, -0.15) is 18.2 Å². The second kappa shape index (κ2) is 9.99. The summed E-state index contributed by atoms with van der Waals surface area (Å²) in [6.07, 6.45) is -4.43. The van der Waals surface area contributed by atoms with Gasteiger partial charge in [-0.3, -0.25) is 14.6 Å². The van der Waals surface area contributed by atoms with Crippen LogP contribution < -0.4 is 5.32 Å². The van der Waals surface area contributed by atoms with Crippen LogP contribution >= 0.6 is 0 Å². The van der Waals surface area contributed by atoms with E-state index in [2.05, 4.69) is 39.1 Å². The monoisotopic (exact) mass is 453 g/mol. The molecule has 10 heteroatoms. The normalized spacial score (nSPS) is 18.0. The average molecular weight is 454 g/mol. The second-order valence-corrected chi connectivity index (χ2v) is 8.60. The van der Waals surface area contributed by atoms with E-state index in [1.807, 2.05) is 13.8 Å². The first-order valence-electron chi connectivity index (χ1n) is 10.8.